The molecule has 1 atom stereocenters. The van der Waals surface area contributed by atoms with Crippen molar-refractivity contribution < 1.29 is 4.79 Å². The Kier molecular flexibility index (Phi) is 2.94. The van der Waals surface area contributed by atoms with E-state index in [1.807, 2.05) is 13.1 Å². The smallest absolute Gasteiger partial charge is 0.274 e. The molecular formula is C12H14N6O. The van der Waals surface area contributed by atoms with Gasteiger partial charge in [-0.2, -0.15) is 0 Å². The van der Waals surface area contributed by atoms with Crippen molar-refractivity contribution in [3.63, 3.8) is 0 Å². The zero-order valence-electron chi connectivity index (χ0n) is 10.6. The molecule has 19 heavy (non-hydrogen) atoms. The van der Waals surface area contributed by atoms with Crippen LogP contribution in [-0.4, -0.2) is 48.9 Å². The van der Waals surface area contributed by atoms with Crippen molar-refractivity contribution in [1.82, 2.24) is 29.9 Å². The number of carbonyl (C=O) groups is 1. The molecule has 3 rings (SSSR count). The van der Waals surface area contributed by atoms with Crippen molar-refractivity contribution in [1.29, 1.82) is 0 Å². The molecule has 0 saturated carbocycles. The van der Waals surface area contributed by atoms with E-state index < -0.39 is 0 Å². The number of amides is 1. The van der Waals surface area contributed by atoms with E-state index in [1.165, 1.54) is 6.20 Å². The molecule has 7 heteroatoms. The molecule has 1 aliphatic rings. The van der Waals surface area contributed by atoms with Crippen LogP contribution in [0.4, 0.5) is 0 Å². The lowest BCUT2D eigenvalue weighted by molar-refractivity contribution is 0.0780. The molecule has 7 nitrogen and oxygen atoms in total. The predicted octanol–water partition coefficient (Wildman–Crippen LogP) is 0.464. The number of carbonyl (C=O) groups excluding carboxylic acids is 1. The highest BCUT2D eigenvalue weighted by molar-refractivity contribution is 5.92. The molecule has 1 aliphatic heterocycles. The topological polar surface area (TPSA) is 76.8 Å². The number of rotatable bonds is 2. The molecule has 0 unspecified atom stereocenters. The fourth-order valence-electron chi connectivity index (χ4n) is 2.22. The lowest BCUT2D eigenvalue weighted by Gasteiger charge is -2.15. The maximum absolute atomic E-state index is 12.3. The molecule has 1 amide bonds. The fourth-order valence-corrected chi connectivity index (χ4v) is 2.22. The Morgan fingerprint density at radius 1 is 1.37 bits per heavy atom. The monoisotopic (exact) mass is 258 g/mol. The van der Waals surface area contributed by atoms with Gasteiger partial charge in [0.25, 0.3) is 5.91 Å². The fraction of sp³-hybridized carbons (Fsp3) is 0.417. The van der Waals surface area contributed by atoms with E-state index in [4.69, 9.17) is 0 Å². The highest BCUT2D eigenvalue weighted by Gasteiger charge is 2.29. The maximum atomic E-state index is 12.3. The van der Waals surface area contributed by atoms with Gasteiger partial charge in [0.2, 0.25) is 0 Å². The van der Waals surface area contributed by atoms with E-state index in [2.05, 4.69) is 20.3 Å². The van der Waals surface area contributed by atoms with Crippen LogP contribution < -0.4 is 0 Å². The second-order valence-corrected chi connectivity index (χ2v) is 4.62. The van der Waals surface area contributed by atoms with Gasteiger partial charge in [0.1, 0.15) is 5.69 Å². The van der Waals surface area contributed by atoms with Crippen LogP contribution in [-0.2, 0) is 0 Å². The summed E-state index contributed by atoms with van der Waals surface area (Å²) in [6.07, 6.45) is 7.49. The Morgan fingerprint density at radius 2 is 2.26 bits per heavy atom. The van der Waals surface area contributed by atoms with Gasteiger partial charge in [-0.15, -0.1) is 5.10 Å². The van der Waals surface area contributed by atoms with Gasteiger partial charge in [-0.1, -0.05) is 5.21 Å². The summed E-state index contributed by atoms with van der Waals surface area (Å²) in [6, 6.07) is 0.199. The van der Waals surface area contributed by atoms with Crippen LogP contribution in [0, 0.1) is 6.92 Å². The highest BCUT2D eigenvalue weighted by atomic mass is 16.2. The van der Waals surface area contributed by atoms with Crippen molar-refractivity contribution >= 4 is 5.91 Å². The predicted molar refractivity (Wildman–Crippen MR) is 66.3 cm³/mol. The minimum Gasteiger partial charge on any atom is -0.335 e. The van der Waals surface area contributed by atoms with Crippen molar-refractivity contribution in [3.05, 3.63) is 36.2 Å². The Bertz CT molecular complexity index is 564. The Balaban J connectivity index is 1.71. The van der Waals surface area contributed by atoms with Crippen LogP contribution in [0.25, 0.3) is 0 Å². The summed E-state index contributed by atoms with van der Waals surface area (Å²) in [5.74, 6) is -0.0740. The summed E-state index contributed by atoms with van der Waals surface area (Å²) in [5, 5.41) is 7.77. The molecule has 1 saturated heterocycles. The van der Waals surface area contributed by atoms with E-state index in [9.17, 15) is 4.79 Å². The Labute approximate surface area is 110 Å². The molecule has 98 valence electrons. The average Bonchev–Trinajstić information content (AvgIpc) is 3.10. The first-order valence-electron chi connectivity index (χ1n) is 6.18. The first kappa shape index (κ1) is 11.8. The van der Waals surface area contributed by atoms with E-state index in [0.717, 1.165) is 12.1 Å². The summed E-state index contributed by atoms with van der Waals surface area (Å²) in [7, 11) is 0. The van der Waals surface area contributed by atoms with Gasteiger partial charge in [0, 0.05) is 25.5 Å². The quantitative estimate of drug-likeness (QED) is 0.782. The minimum absolute atomic E-state index is 0.0740. The van der Waals surface area contributed by atoms with Crippen LogP contribution >= 0.6 is 0 Å². The zero-order chi connectivity index (χ0) is 13.2. The molecule has 0 aromatic carbocycles. The lowest BCUT2D eigenvalue weighted by Crippen LogP contribution is -2.30. The molecule has 0 spiro atoms. The number of aryl methyl sites for hydroxylation is 1. The molecule has 0 radical (unpaired) electrons. The van der Waals surface area contributed by atoms with Crippen molar-refractivity contribution in [2.45, 2.75) is 19.4 Å². The largest absolute Gasteiger partial charge is 0.335 e. The van der Waals surface area contributed by atoms with Crippen LogP contribution in [0.1, 0.15) is 28.6 Å². The summed E-state index contributed by atoms with van der Waals surface area (Å²) in [6.45, 7) is 3.19. The summed E-state index contributed by atoms with van der Waals surface area (Å²) in [5.41, 5.74) is 1.20. The molecule has 2 aromatic heterocycles. The highest BCUT2D eigenvalue weighted by Crippen LogP contribution is 2.21. The van der Waals surface area contributed by atoms with Crippen molar-refractivity contribution in [3.8, 4) is 0 Å². The SMILES string of the molecule is Cc1cnc(C(=O)N2CC[C@@H](n3ccnn3)C2)cn1. The van der Waals surface area contributed by atoms with Gasteiger partial charge in [0.15, 0.2) is 0 Å². The van der Waals surface area contributed by atoms with Crippen LogP contribution in [0.3, 0.4) is 0 Å². The van der Waals surface area contributed by atoms with E-state index in [-0.39, 0.29) is 11.9 Å². The van der Waals surface area contributed by atoms with E-state index in [1.54, 1.807) is 22.0 Å². The number of nitrogens with zero attached hydrogens (tertiary/aromatic N) is 6. The van der Waals surface area contributed by atoms with Crippen LogP contribution in [0.5, 0.6) is 0 Å². The van der Waals surface area contributed by atoms with Gasteiger partial charge < -0.3 is 4.90 Å². The minimum atomic E-state index is -0.0740. The van der Waals surface area contributed by atoms with Crippen LogP contribution in [0.15, 0.2) is 24.8 Å². The third-order valence-electron chi connectivity index (χ3n) is 3.27. The maximum Gasteiger partial charge on any atom is 0.274 e. The average molecular weight is 258 g/mol. The molecule has 2 aromatic rings. The normalized spacial score (nSPS) is 18.8. The number of hydrogen-bond acceptors (Lipinski definition) is 5. The molecule has 1 fully saturated rings. The molecule has 3 heterocycles. The first-order chi connectivity index (χ1) is 9.24. The first-order valence-corrected chi connectivity index (χ1v) is 6.18. The van der Waals surface area contributed by atoms with E-state index in [0.29, 0.717) is 18.8 Å². The van der Waals surface area contributed by atoms with Crippen molar-refractivity contribution in [2.24, 2.45) is 0 Å². The van der Waals surface area contributed by atoms with Gasteiger partial charge in [-0.25, -0.2) is 9.67 Å². The standard InChI is InChI=1S/C12H14N6O/c1-9-6-14-11(7-13-9)12(19)17-4-2-10(8-17)18-5-3-15-16-18/h3,5-7,10H,2,4,8H2,1H3/t10-/m1/s1. The van der Waals surface area contributed by atoms with Crippen molar-refractivity contribution in [2.75, 3.05) is 13.1 Å². The Morgan fingerprint density at radius 3 is 2.95 bits per heavy atom. The summed E-state index contributed by atoms with van der Waals surface area (Å²) < 4.78 is 1.80. The molecule has 0 aliphatic carbocycles. The molecular weight excluding hydrogens is 244 g/mol. The molecule has 0 bridgehead atoms. The third kappa shape index (κ3) is 2.31. The lowest BCUT2D eigenvalue weighted by atomic mass is 10.3. The summed E-state index contributed by atoms with van der Waals surface area (Å²) >= 11 is 0. The zero-order valence-corrected chi connectivity index (χ0v) is 10.6. The summed E-state index contributed by atoms with van der Waals surface area (Å²) in [4.78, 5) is 22.3. The number of likely N-dealkylation sites (tertiary alicyclic amines) is 1. The second-order valence-electron chi connectivity index (χ2n) is 4.62. The number of hydrogen-bond donors (Lipinski definition) is 0. The van der Waals surface area contributed by atoms with Gasteiger partial charge in [0.05, 0.1) is 24.1 Å². The Hall–Kier alpha value is -2.31. The molecule has 0 N–H and O–H groups in total. The van der Waals surface area contributed by atoms with E-state index >= 15 is 0 Å². The van der Waals surface area contributed by atoms with Gasteiger partial charge >= 0.3 is 0 Å². The number of aromatic nitrogens is 5. The van der Waals surface area contributed by atoms with Crippen LogP contribution in [0.2, 0.25) is 0 Å². The third-order valence-corrected chi connectivity index (χ3v) is 3.27. The van der Waals surface area contributed by atoms with Gasteiger partial charge in [-0.3, -0.25) is 9.78 Å². The van der Waals surface area contributed by atoms with Gasteiger partial charge in [-0.05, 0) is 13.3 Å². The second kappa shape index (κ2) is 4.75.